The average molecular weight is 300 g/mol. The maximum absolute atomic E-state index is 11.6. The van der Waals surface area contributed by atoms with Crippen LogP contribution in [0.25, 0.3) is 21.9 Å². The van der Waals surface area contributed by atoms with Gasteiger partial charge in [0.1, 0.15) is 5.58 Å². The number of rotatable bonds is 4. The zero-order valence-electron chi connectivity index (χ0n) is 12.4. The highest BCUT2D eigenvalue weighted by Crippen LogP contribution is 2.38. The molecule has 22 heavy (non-hydrogen) atoms. The zero-order chi connectivity index (χ0) is 15.7. The number of ether oxygens (including phenoxy) is 1. The number of aliphatic hydroxyl groups excluding tert-OH is 1. The number of hydrogen-bond acceptors (Lipinski definition) is 5. The monoisotopic (exact) mass is 300 g/mol. The number of furan rings is 1. The Morgan fingerprint density at radius 1 is 1.27 bits per heavy atom. The van der Waals surface area contributed by atoms with Crippen LogP contribution in [0.5, 0.6) is 5.75 Å². The van der Waals surface area contributed by atoms with E-state index in [9.17, 15) is 4.79 Å². The van der Waals surface area contributed by atoms with Crippen LogP contribution >= 0.6 is 0 Å². The van der Waals surface area contributed by atoms with Crippen LogP contribution in [0.1, 0.15) is 12.5 Å². The average Bonchev–Trinajstić information content (AvgIpc) is 3.01. The molecule has 0 atom stereocenters. The lowest BCUT2D eigenvalue weighted by Crippen LogP contribution is -1.99. The standard InChI is InChI=1S/C17H16O5/c1-10(9-18)3-4-12-11-5-6-14(19)22-15(11)13-7-8-21-17(13)16(12)20-2/h3,5-8,18H,4,9H2,1-2H3. The number of benzene rings is 1. The first-order chi connectivity index (χ1) is 10.7. The number of methoxy groups -OCH3 is 1. The summed E-state index contributed by atoms with van der Waals surface area (Å²) in [7, 11) is 1.58. The SMILES string of the molecule is COc1c(CC=C(C)CO)c2ccc(=O)oc2c2ccoc12. The van der Waals surface area contributed by atoms with Gasteiger partial charge in [0.15, 0.2) is 11.3 Å². The Hall–Kier alpha value is -2.53. The van der Waals surface area contributed by atoms with Crippen LogP contribution in [0.4, 0.5) is 0 Å². The second-order valence-corrected chi connectivity index (χ2v) is 5.09. The number of fused-ring (bicyclic) bond motifs is 3. The van der Waals surface area contributed by atoms with E-state index in [4.69, 9.17) is 18.7 Å². The first-order valence-corrected chi connectivity index (χ1v) is 6.92. The molecule has 5 nitrogen and oxygen atoms in total. The molecular formula is C17H16O5. The molecule has 0 aliphatic rings. The Balaban J connectivity index is 2.37. The van der Waals surface area contributed by atoms with E-state index in [2.05, 4.69) is 0 Å². The molecular weight excluding hydrogens is 284 g/mol. The molecule has 0 bridgehead atoms. The predicted octanol–water partition coefficient (Wildman–Crippen LogP) is 3.03. The summed E-state index contributed by atoms with van der Waals surface area (Å²) in [6.45, 7) is 1.85. The third kappa shape index (κ3) is 2.29. The van der Waals surface area contributed by atoms with Gasteiger partial charge in [0.25, 0.3) is 0 Å². The highest BCUT2D eigenvalue weighted by Gasteiger charge is 2.18. The van der Waals surface area contributed by atoms with E-state index in [-0.39, 0.29) is 6.61 Å². The molecule has 0 unspecified atom stereocenters. The minimum Gasteiger partial charge on any atom is -0.492 e. The summed E-state index contributed by atoms with van der Waals surface area (Å²) >= 11 is 0. The fourth-order valence-electron chi connectivity index (χ4n) is 2.54. The van der Waals surface area contributed by atoms with Gasteiger partial charge in [0, 0.05) is 17.0 Å². The number of hydrogen-bond donors (Lipinski definition) is 1. The molecule has 0 saturated carbocycles. The molecule has 0 radical (unpaired) electrons. The molecule has 0 fully saturated rings. The summed E-state index contributed by atoms with van der Waals surface area (Å²) in [4.78, 5) is 11.6. The summed E-state index contributed by atoms with van der Waals surface area (Å²) < 4.78 is 16.4. The van der Waals surface area contributed by atoms with Crippen molar-refractivity contribution in [2.24, 2.45) is 0 Å². The van der Waals surface area contributed by atoms with Gasteiger partial charge < -0.3 is 18.7 Å². The normalized spacial score (nSPS) is 12.2. The number of aliphatic hydroxyl groups is 1. The molecule has 0 saturated heterocycles. The Kier molecular flexibility index (Phi) is 3.73. The first kappa shape index (κ1) is 14.4. The van der Waals surface area contributed by atoms with Crippen LogP contribution in [-0.4, -0.2) is 18.8 Å². The van der Waals surface area contributed by atoms with Crippen LogP contribution in [-0.2, 0) is 6.42 Å². The van der Waals surface area contributed by atoms with E-state index in [0.717, 1.165) is 16.5 Å². The van der Waals surface area contributed by atoms with E-state index in [1.54, 1.807) is 19.2 Å². The first-order valence-electron chi connectivity index (χ1n) is 6.92. The van der Waals surface area contributed by atoms with Crippen molar-refractivity contribution in [1.29, 1.82) is 0 Å². The minimum absolute atomic E-state index is 0.00166. The second kappa shape index (κ2) is 5.69. The Morgan fingerprint density at radius 2 is 2.09 bits per heavy atom. The molecule has 5 heteroatoms. The van der Waals surface area contributed by atoms with Crippen molar-refractivity contribution in [1.82, 2.24) is 0 Å². The van der Waals surface area contributed by atoms with Gasteiger partial charge in [-0.25, -0.2) is 4.79 Å². The molecule has 2 heterocycles. The van der Waals surface area contributed by atoms with Crippen molar-refractivity contribution in [2.45, 2.75) is 13.3 Å². The quantitative estimate of drug-likeness (QED) is 0.592. The maximum atomic E-state index is 11.6. The van der Waals surface area contributed by atoms with Crippen molar-refractivity contribution in [3.05, 3.63) is 52.1 Å². The van der Waals surface area contributed by atoms with E-state index in [1.807, 2.05) is 13.0 Å². The molecule has 0 spiro atoms. The van der Waals surface area contributed by atoms with Gasteiger partial charge >= 0.3 is 5.63 Å². The molecule has 0 aliphatic carbocycles. The largest absolute Gasteiger partial charge is 0.492 e. The van der Waals surface area contributed by atoms with Crippen LogP contribution in [0, 0.1) is 0 Å². The molecule has 114 valence electrons. The minimum atomic E-state index is -0.409. The van der Waals surface area contributed by atoms with Gasteiger partial charge in [0.05, 0.1) is 25.4 Å². The van der Waals surface area contributed by atoms with E-state index >= 15 is 0 Å². The summed E-state index contributed by atoms with van der Waals surface area (Å²) in [5, 5.41) is 10.7. The molecule has 3 rings (SSSR count). The third-order valence-electron chi connectivity index (χ3n) is 3.66. The molecule has 0 amide bonds. The van der Waals surface area contributed by atoms with E-state index in [1.165, 1.54) is 12.3 Å². The molecule has 2 aromatic heterocycles. The van der Waals surface area contributed by atoms with E-state index in [0.29, 0.717) is 28.7 Å². The van der Waals surface area contributed by atoms with Gasteiger partial charge in [-0.15, -0.1) is 0 Å². The van der Waals surface area contributed by atoms with Crippen molar-refractivity contribution >= 4 is 21.9 Å². The van der Waals surface area contributed by atoms with Gasteiger partial charge in [-0.2, -0.15) is 0 Å². The Labute approximate surface area is 126 Å². The van der Waals surface area contributed by atoms with Crippen LogP contribution in [0.3, 0.4) is 0 Å². The van der Waals surface area contributed by atoms with Crippen molar-refractivity contribution < 1.29 is 18.7 Å². The van der Waals surface area contributed by atoms with Gasteiger partial charge in [-0.1, -0.05) is 11.6 Å². The maximum Gasteiger partial charge on any atom is 0.336 e. The Morgan fingerprint density at radius 3 is 2.82 bits per heavy atom. The third-order valence-corrected chi connectivity index (χ3v) is 3.66. The van der Waals surface area contributed by atoms with Gasteiger partial charge in [-0.05, 0) is 25.5 Å². The second-order valence-electron chi connectivity index (χ2n) is 5.09. The van der Waals surface area contributed by atoms with Crippen LogP contribution < -0.4 is 10.4 Å². The molecule has 1 aromatic carbocycles. The summed E-state index contributed by atoms with van der Waals surface area (Å²) in [6, 6.07) is 4.87. The number of allylic oxidation sites excluding steroid dienone is 1. The highest BCUT2D eigenvalue weighted by atomic mass is 16.5. The molecule has 3 aromatic rings. The fourth-order valence-corrected chi connectivity index (χ4v) is 2.54. The zero-order valence-corrected chi connectivity index (χ0v) is 12.4. The van der Waals surface area contributed by atoms with Crippen LogP contribution in [0.2, 0.25) is 0 Å². The lowest BCUT2D eigenvalue weighted by Gasteiger charge is -2.11. The lowest BCUT2D eigenvalue weighted by atomic mass is 10.0. The smallest absolute Gasteiger partial charge is 0.336 e. The van der Waals surface area contributed by atoms with Crippen LogP contribution in [0.15, 0.2) is 49.7 Å². The predicted molar refractivity (Wildman–Crippen MR) is 83.4 cm³/mol. The fraction of sp³-hybridized carbons (Fsp3) is 0.235. The molecule has 1 N–H and O–H groups in total. The highest BCUT2D eigenvalue weighted by molar-refractivity contribution is 6.07. The lowest BCUT2D eigenvalue weighted by molar-refractivity contribution is 0.331. The molecule has 0 aliphatic heterocycles. The summed E-state index contributed by atoms with van der Waals surface area (Å²) in [5.74, 6) is 0.614. The van der Waals surface area contributed by atoms with Crippen molar-refractivity contribution in [3.63, 3.8) is 0 Å². The van der Waals surface area contributed by atoms with Crippen molar-refractivity contribution in [2.75, 3.05) is 13.7 Å². The summed E-state index contributed by atoms with van der Waals surface area (Å²) in [6.07, 6.45) is 3.99. The van der Waals surface area contributed by atoms with Gasteiger partial charge in [0.2, 0.25) is 0 Å². The van der Waals surface area contributed by atoms with Crippen molar-refractivity contribution in [3.8, 4) is 5.75 Å². The topological polar surface area (TPSA) is 72.8 Å². The summed E-state index contributed by atoms with van der Waals surface area (Å²) in [5.41, 5.74) is 2.34. The van der Waals surface area contributed by atoms with E-state index < -0.39 is 5.63 Å². The van der Waals surface area contributed by atoms with Gasteiger partial charge in [-0.3, -0.25) is 0 Å². The Bertz CT molecular complexity index is 914.